The smallest absolute Gasteiger partial charge is 0.410 e. The molecule has 0 aliphatic carbocycles. The molecule has 3 heterocycles. The van der Waals surface area contributed by atoms with Crippen LogP contribution in [0.5, 0.6) is 0 Å². The summed E-state index contributed by atoms with van der Waals surface area (Å²) >= 11 is 0.250. The van der Waals surface area contributed by atoms with Crippen molar-refractivity contribution in [2.75, 3.05) is 65.3 Å². The van der Waals surface area contributed by atoms with Crippen molar-refractivity contribution >= 4 is 60.0 Å². The van der Waals surface area contributed by atoms with Crippen LogP contribution in [-0.4, -0.2) is 188 Å². The minimum absolute atomic E-state index is 0.0439. The zero-order valence-corrected chi connectivity index (χ0v) is 55.6. The van der Waals surface area contributed by atoms with Crippen LogP contribution in [0, 0.1) is 21.7 Å². The minimum Gasteiger partial charge on any atom is -0.444 e. The Bertz CT molecular complexity index is 2230. The van der Waals surface area contributed by atoms with Gasteiger partial charge in [0, 0.05) is 91.3 Å². The van der Waals surface area contributed by atoms with Gasteiger partial charge in [-0.3, -0.25) is 24.0 Å². The predicted octanol–water partition coefficient (Wildman–Crippen LogP) is 7.11. The largest absolute Gasteiger partial charge is 0.444 e. The summed E-state index contributed by atoms with van der Waals surface area (Å²) in [5, 5.41) is 45.0. The lowest BCUT2D eigenvalue weighted by Gasteiger charge is -2.43. The van der Waals surface area contributed by atoms with Gasteiger partial charge < -0.3 is 70.8 Å². The van der Waals surface area contributed by atoms with Crippen LogP contribution in [0.15, 0.2) is 38.0 Å². The molecule has 0 aromatic rings. The first-order valence-electron chi connectivity index (χ1n) is 28.1. The maximum atomic E-state index is 13.4. The van der Waals surface area contributed by atoms with Gasteiger partial charge in [-0.05, 0) is 151 Å². The highest BCUT2D eigenvalue weighted by Gasteiger charge is 2.66. The van der Waals surface area contributed by atoms with Crippen molar-refractivity contribution in [1.82, 2.24) is 41.3 Å². The van der Waals surface area contributed by atoms with Crippen molar-refractivity contribution in [3.8, 4) is 0 Å². The Morgan fingerprint density at radius 2 is 0.714 bits per heavy atom. The summed E-state index contributed by atoms with van der Waals surface area (Å²) in [7, 11) is 0. The maximum absolute atomic E-state index is 13.4. The molecule has 3 fully saturated rings. The van der Waals surface area contributed by atoms with Gasteiger partial charge in [-0.15, -0.1) is 19.7 Å². The highest BCUT2D eigenvalue weighted by atomic mass is 32.2. The van der Waals surface area contributed by atoms with Crippen molar-refractivity contribution < 1.29 is 71.8 Å². The lowest BCUT2D eigenvalue weighted by atomic mass is 9.64. The number of rotatable bonds is 14. The molecule has 0 radical (unpaired) electrons. The summed E-state index contributed by atoms with van der Waals surface area (Å²) in [6.45, 7) is 47.4. The minimum atomic E-state index is -1.52. The van der Waals surface area contributed by atoms with Gasteiger partial charge in [0.1, 0.15) is 27.9 Å². The number of carbonyl (C=O) groups excluding carboxylic acids is 8. The number of ether oxygens (including phenoxy) is 3. The van der Waals surface area contributed by atoms with Crippen LogP contribution in [0.4, 0.5) is 18.3 Å². The molecule has 484 valence electrons. The van der Waals surface area contributed by atoms with Gasteiger partial charge in [-0.25, -0.2) is 14.4 Å². The molecule has 84 heavy (non-hydrogen) atoms. The SMILES string of the molecule is C=CCC1(CO)CN(C(=O)OC(C)(C)C)CC1(NC(C)=O)C(=O)NC(C)(C)C.C=CC[C@@]1(CO)CN(C(=O)OC(C)(C)C)C[C@@]1(C)C(=O)NC(C)(C)C.C=CC[C@@]1(CO)CN(C(=O)OC(C)(C)C)C[C@@]1(NC(C)=O)C(=O)NC(C)(C)C.CSF. The Hall–Kier alpha value is -5.46. The number of halogens is 1. The number of nitrogens with zero attached hydrogens (tertiary/aromatic N) is 3. The molecular weight excluding hydrogens is 1110 g/mol. The summed E-state index contributed by atoms with van der Waals surface area (Å²) in [4.78, 5) is 106. The molecule has 0 aromatic carbocycles. The molecule has 0 bridgehead atoms. The van der Waals surface area contributed by atoms with Crippen molar-refractivity contribution in [3.63, 3.8) is 0 Å². The fourth-order valence-electron chi connectivity index (χ4n) is 10.3. The highest BCUT2D eigenvalue weighted by Crippen LogP contribution is 2.50. The van der Waals surface area contributed by atoms with Crippen LogP contribution in [0.25, 0.3) is 0 Å². The molecule has 0 saturated carbocycles. The molecule has 0 aromatic heterocycles. The number of aliphatic hydroxyl groups is 3. The van der Waals surface area contributed by atoms with Crippen molar-refractivity contribution in [3.05, 3.63) is 38.0 Å². The molecule has 6 atom stereocenters. The van der Waals surface area contributed by atoms with Gasteiger partial charge in [0.05, 0.1) is 38.3 Å². The van der Waals surface area contributed by atoms with Gasteiger partial charge >= 0.3 is 18.3 Å². The van der Waals surface area contributed by atoms with Crippen LogP contribution >= 0.6 is 12.1 Å². The normalized spacial score (nSPS) is 25.1. The molecule has 3 rings (SSSR count). The average Bonchev–Trinajstić information content (AvgIpc) is 4.05. The fourth-order valence-corrected chi connectivity index (χ4v) is 10.3. The predicted molar refractivity (Wildman–Crippen MR) is 326 cm³/mol. The van der Waals surface area contributed by atoms with Crippen LogP contribution in [0.2, 0.25) is 0 Å². The van der Waals surface area contributed by atoms with Crippen LogP contribution in [0.1, 0.15) is 165 Å². The van der Waals surface area contributed by atoms with Gasteiger partial charge in [0.2, 0.25) is 29.5 Å². The molecule has 2 unspecified atom stereocenters. The number of allylic oxidation sites excluding steroid dienone is 3. The fraction of sp³-hybridized carbons (Fsp3) is 0.767. The van der Waals surface area contributed by atoms with E-state index in [1.807, 2.05) is 62.3 Å². The first kappa shape index (κ1) is 78.5. The van der Waals surface area contributed by atoms with Crippen molar-refractivity contribution in [1.29, 1.82) is 0 Å². The first-order valence-corrected chi connectivity index (χ1v) is 29.3. The van der Waals surface area contributed by atoms with E-state index in [2.05, 4.69) is 46.3 Å². The Kier molecular flexibility index (Phi) is 27.8. The zero-order chi connectivity index (χ0) is 66.3. The third-order valence-corrected chi connectivity index (χ3v) is 13.8. The van der Waals surface area contributed by atoms with E-state index >= 15 is 0 Å². The highest BCUT2D eigenvalue weighted by molar-refractivity contribution is 7.93. The number of likely N-dealkylation sites (tertiary alicyclic amines) is 3. The average molecular weight is 1220 g/mol. The van der Waals surface area contributed by atoms with Gasteiger partial charge in [0.25, 0.3) is 0 Å². The summed E-state index contributed by atoms with van der Waals surface area (Å²) < 4.78 is 26.6. The number of nitrogens with one attached hydrogen (secondary N) is 5. The van der Waals surface area contributed by atoms with E-state index in [1.165, 1.54) is 34.8 Å². The number of hydrogen-bond donors (Lipinski definition) is 8. The third-order valence-electron chi connectivity index (χ3n) is 13.8. The van der Waals surface area contributed by atoms with E-state index in [4.69, 9.17) is 14.2 Å². The zero-order valence-electron chi connectivity index (χ0n) is 54.8. The lowest BCUT2D eigenvalue weighted by Crippen LogP contribution is -2.70. The molecule has 22 nitrogen and oxygen atoms in total. The number of amides is 8. The summed E-state index contributed by atoms with van der Waals surface area (Å²) in [5.41, 5.74) is -10.7. The summed E-state index contributed by atoms with van der Waals surface area (Å²) in [6.07, 6.45) is 5.41. The second kappa shape index (κ2) is 29.8. The van der Waals surface area contributed by atoms with Gasteiger partial charge in [0.15, 0.2) is 0 Å². The monoisotopic (exact) mass is 1210 g/mol. The molecular formula is C60H107FN8O14S. The Balaban J connectivity index is 0.00000120. The summed E-state index contributed by atoms with van der Waals surface area (Å²) in [5.74, 6) is -1.97. The van der Waals surface area contributed by atoms with Gasteiger partial charge in [-0.2, -0.15) is 3.89 Å². The molecule has 3 aliphatic rings. The second-order valence-electron chi connectivity index (χ2n) is 28.6. The molecule has 0 spiro atoms. The van der Waals surface area contributed by atoms with Crippen molar-refractivity contribution in [2.45, 2.75) is 209 Å². The molecule has 8 N–H and O–H groups in total. The van der Waals surface area contributed by atoms with E-state index in [9.17, 15) is 57.6 Å². The lowest BCUT2D eigenvalue weighted by molar-refractivity contribution is -0.139. The summed E-state index contributed by atoms with van der Waals surface area (Å²) in [6, 6.07) is 0. The van der Waals surface area contributed by atoms with E-state index in [1.54, 1.807) is 87.5 Å². The molecule has 24 heteroatoms. The Labute approximate surface area is 505 Å². The van der Waals surface area contributed by atoms with Crippen molar-refractivity contribution in [2.24, 2.45) is 21.7 Å². The van der Waals surface area contributed by atoms with E-state index in [0.717, 1.165) is 0 Å². The third kappa shape index (κ3) is 21.5. The Morgan fingerprint density at radius 1 is 0.476 bits per heavy atom. The second-order valence-corrected chi connectivity index (χ2v) is 28.9. The number of carbonyl (C=O) groups is 8. The standard InChI is InChI=1S/2C20H35N3O5.C19H34N2O4.CH3FS/c2*1-9-10-19(13-24)11-23(16(27)28-18(6,7)8)12-20(19,21-14(2)25)15(26)22-17(3,4)5;1-9-10-19(13-22)12-21(15(24)25-17(5,6)7)11-18(19,8)14(23)20-16(2,3)4;1-3-2/h2*9,24H,1,10-13H2,2-8H3,(H,21,25)(H,22,26);9,22H,1,10-13H2,2-8H3,(H,20,23);1H3/t19-,20+;;18-,19-;/m0.0./s1. The topological polar surface area (TPSA) is 295 Å². The Morgan fingerprint density at radius 3 is 0.940 bits per heavy atom. The first-order chi connectivity index (χ1) is 37.8. The molecule has 3 saturated heterocycles. The number of aliphatic hydroxyl groups excluding tert-OH is 3. The van der Waals surface area contributed by atoms with Crippen LogP contribution in [0.3, 0.4) is 0 Å². The molecule has 8 amide bonds. The van der Waals surface area contributed by atoms with Crippen LogP contribution in [-0.2, 0) is 38.2 Å². The quantitative estimate of drug-likeness (QED) is 0.0635. The van der Waals surface area contributed by atoms with Crippen LogP contribution < -0.4 is 26.6 Å². The maximum Gasteiger partial charge on any atom is 0.410 e. The van der Waals surface area contributed by atoms with Gasteiger partial charge in [-0.1, -0.05) is 18.2 Å². The van der Waals surface area contributed by atoms with E-state index < -0.39 is 121 Å². The van der Waals surface area contributed by atoms with E-state index in [-0.39, 0.29) is 76.8 Å². The van der Waals surface area contributed by atoms with E-state index in [0.29, 0.717) is 6.42 Å². The number of hydrogen-bond acceptors (Lipinski definition) is 15. The molecule has 3 aliphatic heterocycles.